The zero-order chi connectivity index (χ0) is 20.6. The number of benzene rings is 2. The largest absolute Gasteiger partial charge is 0.506 e. The second-order valence-corrected chi connectivity index (χ2v) is 6.83. The van der Waals surface area contributed by atoms with Gasteiger partial charge in [-0.15, -0.1) is 0 Å². The molecule has 0 aromatic heterocycles. The molecule has 1 aliphatic rings. The van der Waals surface area contributed by atoms with Gasteiger partial charge in [-0.3, -0.25) is 9.69 Å². The summed E-state index contributed by atoms with van der Waals surface area (Å²) in [6.45, 7) is 8.29. The number of phenolic OH excluding ortho intramolecular Hbond substituents is 1. The maximum Gasteiger partial charge on any atom is 0.238 e. The van der Waals surface area contributed by atoms with Gasteiger partial charge in [-0.05, 0) is 38.1 Å². The molecule has 1 saturated heterocycles. The summed E-state index contributed by atoms with van der Waals surface area (Å²) in [6.07, 6.45) is 0. The summed E-state index contributed by atoms with van der Waals surface area (Å²) in [7, 11) is 0. The third kappa shape index (κ3) is 5.54. The van der Waals surface area contributed by atoms with Crippen molar-refractivity contribution in [1.29, 1.82) is 0 Å². The minimum Gasteiger partial charge on any atom is -0.506 e. The van der Waals surface area contributed by atoms with Crippen LogP contribution in [0.2, 0.25) is 0 Å². The van der Waals surface area contributed by atoms with Gasteiger partial charge in [0.2, 0.25) is 5.91 Å². The Labute approximate surface area is 171 Å². The van der Waals surface area contributed by atoms with Crippen LogP contribution in [0, 0.1) is 0 Å². The number of carbonyl (C=O) groups is 1. The summed E-state index contributed by atoms with van der Waals surface area (Å²) in [6, 6.07) is 12.8. The van der Waals surface area contributed by atoms with E-state index in [0.717, 1.165) is 31.9 Å². The summed E-state index contributed by atoms with van der Waals surface area (Å²) in [5.41, 5.74) is 1.53. The Kier molecular flexibility index (Phi) is 7.19. The maximum atomic E-state index is 12.5. The summed E-state index contributed by atoms with van der Waals surface area (Å²) in [5.74, 6) is 1.53. The van der Waals surface area contributed by atoms with Crippen molar-refractivity contribution < 1.29 is 19.4 Å². The molecule has 2 N–H and O–H groups in total. The Bertz CT molecular complexity index is 819. The molecule has 0 radical (unpaired) electrons. The summed E-state index contributed by atoms with van der Waals surface area (Å²) >= 11 is 0. The van der Waals surface area contributed by atoms with Gasteiger partial charge in [-0.2, -0.15) is 0 Å². The second-order valence-electron chi connectivity index (χ2n) is 6.83. The zero-order valence-electron chi connectivity index (χ0n) is 17.1. The van der Waals surface area contributed by atoms with Crippen molar-refractivity contribution in [2.45, 2.75) is 13.8 Å². The predicted octanol–water partition coefficient (Wildman–Crippen LogP) is 2.95. The zero-order valence-corrected chi connectivity index (χ0v) is 17.1. The first kappa shape index (κ1) is 20.8. The van der Waals surface area contributed by atoms with E-state index in [0.29, 0.717) is 42.7 Å². The molecule has 2 aromatic rings. The van der Waals surface area contributed by atoms with Crippen molar-refractivity contribution in [3.63, 3.8) is 0 Å². The number of para-hydroxylation sites is 2. The molecule has 1 heterocycles. The Balaban J connectivity index is 1.52. The molecular weight excluding hydrogens is 370 g/mol. The normalized spacial score (nSPS) is 14.5. The first-order valence-corrected chi connectivity index (χ1v) is 10.1. The van der Waals surface area contributed by atoms with Crippen LogP contribution in [0.4, 0.5) is 11.4 Å². The second kappa shape index (κ2) is 10.0. The number of nitrogens with one attached hydrogen (secondary N) is 1. The molecule has 0 atom stereocenters. The third-order valence-electron chi connectivity index (χ3n) is 4.79. The van der Waals surface area contributed by atoms with Crippen molar-refractivity contribution in [3.8, 4) is 17.2 Å². The number of amides is 1. The van der Waals surface area contributed by atoms with E-state index in [1.165, 1.54) is 0 Å². The molecule has 29 heavy (non-hydrogen) atoms. The van der Waals surface area contributed by atoms with Crippen LogP contribution in [-0.2, 0) is 4.79 Å². The number of carbonyl (C=O) groups excluding carboxylic acids is 1. The lowest BCUT2D eigenvalue weighted by Gasteiger charge is -2.35. The van der Waals surface area contributed by atoms with Crippen molar-refractivity contribution in [1.82, 2.24) is 4.90 Å². The lowest BCUT2D eigenvalue weighted by molar-refractivity contribution is -0.117. The van der Waals surface area contributed by atoms with Gasteiger partial charge in [0.15, 0.2) is 11.5 Å². The standard InChI is InChI=1S/C22H29N3O4/c1-3-28-20-10-9-17(15-21(20)29-4-2)23-22(27)16-24-11-13-25(14-12-24)18-7-5-6-8-19(18)26/h5-10,15,26H,3-4,11-14,16H2,1-2H3,(H,23,27). The predicted molar refractivity (Wildman–Crippen MR) is 114 cm³/mol. The Morgan fingerprint density at radius 3 is 2.38 bits per heavy atom. The third-order valence-corrected chi connectivity index (χ3v) is 4.79. The highest BCUT2D eigenvalue weighted by atomic mass is 16.5. The van der Waals surface area contributed by atoms with E-state index in [2.05, 4.69) is 15.1 Å². The van der Waals surface area contributed by atoms with E-state index in [9.17, 15) is 9.90 Å². The van der Waals surface area contributed by atoms with Crippen LogP contribution >= 0.6 is 0 Å². The fraction of sp³-hybridized carbons (Fsp3) is 0.409. The van der Waals surface area contributed by atoms with Crippen LogP contribution in [0.25, 0.3) is 0 Å². The van der Waals surface area contributed by atoms with Gasteiger partial charge in [-0.25, -0.2) is 0 Å². The number of anilines is 2. The molecule has 1 fully saturated rings. The minimum absolute atomic E-state index is 0.0624. The van der Waals surface area contributed by atoms with Crippen molar-refractivity contribution >= 4 is 17.3 Å². The molecular formula is C22H29N3O4. The molecule has 2 aromatic carbocycles. The quantitative estimate of drug-likeness (QED) is 0.711. The molecule has 0 unspecified atom stereocenters. The number of phenols is 1. The van der Waals surface area contributed by atoms with E-state index in [1.54, 1.807) is 12.1 Å². The number of rotatable bonds is 8. The number of hydrogen-bond acceptors (Lipinski definition) is 6. The van der Waals surface area contributed by atoms with Gasteiger partial charge < -0.3 is 24.8 Å². The number of aromatic hydroxyl groups is 1. The molecule has 0 spiro atoms. The van der Waals surface area contributed by atoms with Gasteiger partial charge in [0, 0.05) is 37.9 Å². The van der Waals surface area contributed by atoms with E-state index in [1.807, 2.05) is 44.2 Å². The molecule has 1 aliphatic heterocycles. The number of nitrogens with zero attached hydrogens (tertiary/aromatic N) is 2. The van der Waals surface area contributed by atoms with Gasteiger partial charge >= 0.3 is 0 Å². The minimum atomic E-state index is -0.0624. The maximum absolute atomic E-state index is 12.5. The number of piperazine rings is 1. The Hall–Kier alpha value is -2.93. The van der Waals surface area contributed by atoms with Crippen LogP contribution in [0.1, 0.15) is 13.8 Å². The average Bonchev–Trinajstić information content (AvgIpc) is 2.71. The molecule has 0 bridgehead atoms. The monoisotopic (exact) mass is 399 g/mol. The number of ether oxygens (including phenoxy) is 2. The highest BCUT2D eigenvalue weighted by Crippen LogP contribution is 2.31. The van der Waals surface area contributed by atoms with E-state index >= 15 is 0 Å². The Morgan fingerprint density at radius 1 is 1.00 bits per heavy atom. The lowest BCUT2D eigenvalue weighted by atomic mass is 10.2. The van der Waals surface area contributed by atoms with Crippen molar-refractivity contribution in [3.05, 3.63) is 42.5 Å². The van der Waals surface area contributed by atoms with Crippen LogP contribution in [0.3, 0.4) is 0 Å². The molecule has 7 heteroatoms. The van der Waals surface area contributed by atoms with Crippen LogP contribution in [0.5, 0.6) is 17.2 Å². The fourth-order valence-electron chi connectivity index (χ4n) is 3.41. The average molecular weight is 399 g/mol. The van der Waals surface area contributed by atoms with E-state index in [-0.39, 0.29) is 5.91 Å². The first-order chi connectivity index (χ1) is 14.1. The molecule has 0 aliphatic carbocycles. The van der Waals surface area contributed by atoms with Crippen LogP contribution in [-0.4, -0.2) is 61.9 Å². The smallest absolute Gasteiger partial charge is 0.238 e. The summed E-state index contributed by atoms with van der Waals surface area (Å²) < 4.78 is 11.2. The molecule has 7 nitrogen and oxygen atoms in total. The van der Waals surface area contributed by atoms with Crippen LogP contribution < -0.4 is 19.7 Å². The lowest BCUT2D eigenvalue weighted by Crippen LogP contribution is -2.48. The van der Waals surface area contributed by atoms with Gasteiger partial charge in [0.05, 0.1) is 25.4 Å². The van der Waals surface area contributed by atoms with Crippen LogP contribution in [0.15, 0.2) is 42.5 Å². The molecule has 0 saturated carbocycles. The van der Waals surface area contributed by atoms with Crippen molar-refractivity contribution in [2.75, 3.05) is 56.2 Å². The highest BCUT2D eigenvalue weighted by Gasteiger charge is 2.21. The van der Waals surface area contributed by atoms with Gasteiger partial charge in [0.25, 0.3) is 0 Å². The van der Waals surface area contributed by atoms with Gasteiger partial charge in [-0.1, -0.05) is 12.1 Å². The molecule has 1 amide bonds. The summed E-state index contributed by atoms with van der Waals surface area (Å²) in [4.78, 5) is 16.7. The summed E-state index contributed by atoms with van der Waals surface area (Å²) in [5, 5.41) is 13.0. The molecule has 156 valence electrons. The van der Waals surface area contributed by atoms with Crippen molar-refractivity contribution in [2.24, 2.45) is 0 Å². The molecule has 3 rings (SSSR count). The van der Waals surface area contributed by atoms with E-state index in [4.69, 9.17) is 9.47 Å². The topological polar surface area (TPSA) is 74.3 Å². The highest BCUT2D eigenvalue weighted by molar-refractivity contribution is 5.92. The van der Waals surface area contributed by atoms with E-state index < -0.39 is 0 Å². The Morgan fingerprint density at radius 2 is 1.69 bits per heavy atom. The fourth-order valence-corrected chi connectivity index (χ4v) is 3.41. The van der Waals surface area contributed by atoms with Gasteiger partial charge in [0.1, 0.15) is 5.75 Å². The first-order valence-electron chi connectivity index (χ1n) is 10.1. The number of hydrogen-bond donors (Lipinski definition) is 2. The SMILES string of the molecule is CCOc1ccc(NC(=O)CN2CCN(c3ccccc3O)CC2)cc1OCC.